The number of ether oxygens (including phenoxy) is 1. The van der Waals surface area contributed by atoms with Crippen LogP contribution in [-0.4, -0.2) is 56.3 Å². The van der Waals surface area contributed by atoms with E-state index in [4.69, 9.17) is 4.74 Å². The van der Waals surface area contributed by atoms with E-state index in [1.54, 1.807) is 0 Å². The fourth-order valence-corrected chi connectivity index (χ4v) is 4.34. The molecule has 1 saturated carbocycles. The first-order valence-corrected chi connectivity index (χ1v) is 10.1. The van der Waals surface area contributed by atoms with Crippen LogP contribution in [0.3, 0.4) is 0 Å². The fourth-order valence-electron chi connectivity index (χ4n) is 4.34. The van der Waals surface area contributed by atoms with Crippen LogP contribution in [0.25, 0.3) is 0 Å². The lowest BCUT2D eigenvalue weighted by Gasteiger charge is -2.40. The number of hydrogen-bond acceptors (Lipinski definition) is 4. The van der Waals surface area contributed by atoms with Gasteiger partial charge >= 0.3 is 0 Å². The molecule has 1 heterocycles. The molecule has 0 aromatic heterocycles. The Morgan fingerprint density at radius 1 is 1.00 bits per heavy atom. The van der Waals surface area contributed by atoms with E-state index in [1.807, 2.05) is 0 Å². The van der Waals surface area contributed by atoms with Gasteiger partial charge in [-0.15, -0.1) is 0 Å². The average molecular weight is 346 g/mol. The normalized spacial score (nSPS) is 25.8. The highest BCUT2D eigenvalue weighted by Crippen LogP contribution is 2.31. The minimum Gasteiger partial charge on any atom is -0.489 e. The van der Waals surface area contributed by atoms with Gasteiger partial charge in [-0.3, -0.25) is 4.90 Å². The zero-order chi connectivity index (χ0) is 17.6. The molecule has 2 fully saturated rings. The number of nitrogens with one attached hydrogen (secondary N) is 1. The molecule has 2 aliphatic rings. The van der Waals surface area contributed by atoms with Crippen LogP contribution in [0.15, 0.2) is 24.3 Å². The average Bonchev–Trinajstić information content (AvgIpc) is 2.87. The maximum atomic E-state index is 6.02. The third-order valence-electron chi connectivity index (χ3n) is 5.75. The Bertz CT molecular complexity index is 526. The molecule has 1 aliphatic carbocycles. The predicted molar refractivity (Wildman–Crippen MR) is 106 cm³/mol. The number of piperazine rings is 1. The van der Waals surface area contributed by atoms with Gasteiger partial charge in [-0.2, -0.15) is 0 Å². The second-order valence-corrected chi connectivity index (χ2v) is 7.81. The Hall–Kier alpha value is -1.26. The zero-order valence-electron chi connectivity index (χ0n) is 16.2. The molecule has 2 atom stereocenters. The molecule has 0 spiro atoms. The maximum Gasteiger partial charge on any atom is 0.142 e. The minimum atomic E-state index is 0.216. The van der Waals surface area contributed by atoms with Crippen molar-refractivity contribution in [3.63, 3.8) is 0 Å². The monoisotopic (exact) mass is 345 g/mol. The third kappa shape index (κ3) is 4.89. The summed E-state index contributed by atoms with van der Waals surface area (Å²) in [6.07, 6.45) is 6.96. The molecule has 0 unspecified atom stereocenters. The lowest BCUT2D eigenvalue weighted by molar-refractivity contribution is 0.167. The Balaban J connectivity index is 1.57. The van der Waals surface area contributed by atoms with Gasteiger partial charge in [0.25, 0.3) is 0 Å². The summed E-state index contributed by atoms with van der Waals surface area (Å²) in [4.78, 5) is 5.24. The summed E-state index contributed by atoms with van der Waals surface area (Å²) in [6.45, 7) is 8.74. The second kappa shape index (κ2) is 8.91. The minimum absolute atomic E-state index is 0.216. The van der Waals surface area contributed by atoms with Crippen molar-refractivity contribution in [2.75, 3.05) is 38.1 Å². The van der Waals surface area contributed by atoms with Gasteiger partial charge in [-0.25, -0.2) is 0 Å². The van der Waals surface area contributed by atoms with Crippen molar-refractivity contribution < 1.29 is 4.74 Å². The molecule has 140 valence electrons. The summed E-state index contributed by atoms with van der Waals surface area (Å²) < 4.78 is 6.02. The number of para-hydroxylation sites is 2. The molecule has 0 radical (unpaired) electrons. The molecule has 3 rings (SSSR count). The number of nitrogens with zero attached hydrogens (tertiary/aromatic N) is 2. The summed E-state index contributed by atoms with van der Waals surface area (Å²) in [5.74, 6) is 1.03. The predicted octanol–water partition coefficient (Wildman–Crippen LogP) is 3.52. The van der Waals surface area contributed by atoms with Crippen molar-refractivity contribution in [1.82, 2.24) is 10.2 Å². The molecule has 1 aliphatic heterocycles. The van der Waals surface area contributed by atoms with Crippen LogP contribution in [-0.2, 0) is 0 Å². The first-order chi connectivity index (χ1) is 12.2. The van der Waals surface area contributed by atoms with Crippen LogP contribution in [0.1, 0.15) is 46.0 Å². The van der Waals surface area contributed by atoms with E-state index in [1.165, 1.54) is 50.9 Å². The van der Waals surface area contributed by atoms with Crippen LogP contribution in [0.5, 0.6) is 5.75 Å². The summed E-state index contributed by atoms with van der Waals surface area (Å²) in [5.41, 5.74) is 1.26. The van der Waals surface area contributed by atoms with E-state index in [-0.39, 0.29) is 6.10 Å². The van der Waals surface area contributed by atoms with Crippen LogP contribution in [0.2, 0.25) is 0 Å². The highest BCUT2D eigenvalue weighted by molar-refractivity contribution is 5.58. The van der Waals surface area contributed by atoms with E-state index in [0.29, 0.717) is 0 Å². The topological polar surface area (TPSA) is 27.7 Å². The van der Waals surface area contributed by atoms with Crippen molar-refractivity contribution in [2.24, 2.45) is 0 Å². The summed E-state index contributed by atoms with van der Waals surface area (Å²) in [6, 6.07) is 10.0. The molecular weight excluding hydrogens is 310 g/mol. The van der Waals surface area contributed by atoms with E-state index >= 15 is 0 Å². The highest BCUT2D eigenvalue weighted by Gasteiger charge is 2.27. The first kappa shape index (κ1) is 18.5. The van der Waals surface area contributed by atoms with Crippen molar-refractivity contribution in [3.05, 3.63) is 24.3 Å². The second-order valence-electron chi connectivity index (χ2n) is 7.81. The van der Waals surface area contributed by atoms with Crippen molar-refractivity contribution in [1.29, 1.82) is 0 Å². The molecule has 1 saturated heterocycles. The molecule has 1 aromatic rings. The highest BCUT2D eigenvalue weighted by atomic mass is 16.5. The van der Waals surface area contributed by atoms with Crippen molar-refractivity contribution >= 4 is 5.69 Å². The molecular formula is C21H35N3O. The van der Waals surface area contributed by atoms with Gasteiger partial charge in [0.05, 0.1) is 11.8 Å². The van der Waals surface area contributed by atoms with Gasteiger partial charge in [-0.1, -0.05) is 18.6 Å². The van der Waals surface area contributed by atoms with Gasteiger partial charge in [0.1, 0.15) is 5.75 Å². The van der Waals surface area contributed by atoms with E-state index in [0.717, 1.165) is 30.9 Å². The summed E-state index contributed by atoms with van der Waals surface area (Å²) in [7, 11) is 2.11. The summed E-state index contributed by atoms with van der Waals surface area (Å²) >= 11 is 0. The van der Waals surface area contributed by atoms with Gasteiger partial charge in [0.2, 0.25) is 0 Å². The first-order valence-electron chi connectivity index (χ1n) is 10.1. The Morgan fingerprint density at radius 3 is 2.48 bits per heavy atom. The van der Waals surface area contributed by atoms with Crippen LogP contribution >= 0.6 is 0 Å². The molecule has 0 amide bonds. The SMILES string of the molecule is CN[C@H]1CCC[C@@H](N2CCN(c3ccccc3OC(C)C)CC2)CC1. The fraction of sp³-hybridized carbons (Fsp3) is 0.714. The lowest BCUT2D eigenvalue weighted by atomic mass is 10.1. The van der Waals surface area contributed by atoms with Gasteiger partial charge in [-0.05, 0) is 58.7 Å². The molecule has 1 N–H and O–H groups in total. The van der Waals surface area contributed by atoms with Crippen LogP contribution in [0.4, 0.5) is 5.69 Å². The van der Waals surface area contributed by atoms with Gasteiger partial charge in [0, 0.05) is 38.3 Å². The van der Waals surface area contributed by atoms with Gasteiger partial charge < -0.3 is 15.0 Å². The Kier molecular flexibility index (Phi) is 6.60. The number of rotatable bonds is 5. The lowest BCUT2D eigenvalue weighted by Crippen LogP contribution is -2.50. The number of anilines is 1. The van der Waals surface area contributed by atoms with Gasteiger partial charge in [0.15, 0.2) is 0 Å². The molecule has 25 heavy (non-hydrogen) atoms. The smallest absolute Gasteiger partial charge is 0.142 e. The molecule has 4 nitrogen and oxygen atoms in total. The largest absolute Gasteiger partial charge is 0.489 e. The molecule has 0 bridgehead atoms. The number of hydrogen-bond donors (Lipinski definition) is 1. The van der Waals surface area contributed by atoms with Crippen LogP contribution < -0.4 is 15.0 Å². The quantitative estimate of drug-likeness (QED) is 0.827. The summed E-state index contributed by atoms with van der Waals surface area (Å²) in [5, 5.41) is 3.48. The van der Waals surface area contributed by atoms with Crippen LogP contribution in [0, 0.1) is 0 Å². The van der Waals surface area contributed by atoms with Crippen molar-refractivity contribution in [3.8, 4) is 5.75 Å². The molecule has 1 aromatic carbocycles. The van der Waals surface area contributed by atoms with E-state index in [2.05, 4.69) is 60.3 Å². The Morgan fingerprint density at radius 2 is 1.76 bits per heavy atom. The van der Waals surface area contributed by atoms with E-state index in [9.17, 15) is 0 Å². The number of benzene rings is 1. The van der Waals surface area contributed by atoms with Crippen molar-refractivity contribution in [2.45, 2.75) is 64.1 Å². The standard InChI is InChI=1S/C21H35N3O/c1-17(2)25-21-10-5-4-9-20(21)24-15-13-23(14-16-24)19-8-6-7-18(22-3)11-12-19/h4-5,9-10,17-19,22H,6-8,11-16H2,1-3H3/t18-,19+/m0/s1. The maximum absolute atomic E-state index is 6.02. The zero-order valence-corrected chi connectivity index (χ0v) is 16.2. The third-order valence-corrected chi connectivity index (χ3v) is 5.75. The Labute approximate surface area is 153 Å². The van der Waals surface area contributed by atoms with E-state index < -0.39 is 0 Å². The molecule has 4 heteroatoms.